The number of carboxylic acids is 1. The van der Waals surface area contributed by atoms with E-state index in [1.54, 1.807) is 6.92 Å². The molecular formula is C9H15N3O2S. The molecule has 0 saturated heterocycles. The number of hydrogen-bond acceptors (Lipinski definition) is 5. The lowest BCUT2D eigenvalue weighted by atomic mass is 9.98. The van der Waals surface area contributed by atoms with Crippen LogP contribution in [0.5, 0.6) is 0 Å². The molecule has 1 heterocycles. The first kappa shape index (κ1) is 11.9. The molecule has 0 aliphatic rings. The fourth-order valence-electron chi connectivity index (χ4n) is 0.832. The van der Waals surface area contributed by atoms with Crippen LogP contribution in [-0.2, 0) is 10.2 Å². The molecule has 0 saturated carbocycles. The average molecular weight is 229 g/mol. The number of carbonyl (C=O) groups is 1. The van der Waals surface area contributed by atoms with E-state index >= 15 is 0 Å². The van der Waals surface area contributed by atoms with Crippen molar-refractivity contribution in [3.05, 3.63) is 5.01 Å². The van der Waals surface area contributed by atoms with Gasteiger partial charge in [-0.1, -0.05) is 32.1 Å². The Balaban J connectivity index is 2.73. The van der Waals surface area contributed by atoms with Gasteiger partial charge in [-0.15, -0.1) is 10.2 Å². The number of nitrogens with one attached hydrogen (secondary N) is 1. The van der Waals surface area contributed by atoms with Crippen molar-refractivity contribution >= 4 is 22.4 Å². The van der Waals surface area contributed by atoms with E-state index in [-0.39, 0.29) is 5.41 Å². The molecule has 84 valence electrons. The van der Waals surface area contributed by atoms with Crippen LogP contribution >= 0.6 is 11.3 Å². The summed E-state index contributed by atoms with van der Waals surface area (Å²) in [4.78, 5) is 10.6. The van der Waals surface area contributed by atoms with Gasteiger partial charge in [0.15, 0.2) is 0 Å². The van der Waals surface area contributed by atoms with Gasteiger partial charge in [-0.2, -0.15) is 0 Å². The molecular weight excluding hydrogens is 214 g/mol. The second-order valence-corrected chi connectivity index (χ2v) is 5.34. The highest BCUT2D eigenvalue weighted by Gasteiger charge is 2.20. The van der Waals surface area contributed by atoms with Crippen molar-refractivity contribution in [2.45, 2.75) is 39.2 Å². The summed E-state index contributed by atoms with van der Waals surface area (Å²) < 4.78 is 0. The lowest BCUT2D eigenvalue weighted by Crippen LogP contribution is -2.25. The van der Waals surface area contributed by atoms with Gasteiger partial charge >= 0.3 is 5.97 Å². The molecule has 15 heavy (non-hydrogen) atoms. The van der Waals surface area contributed by atoms with Crippen molar-refractivity contribution in [2.75, 3.05) is 5.32 Å². The van der Waals surface area contributed by atoms with E-state index in [9.17, 15) is 4.79 Å². The van der Waals surface area contributed by atoms with Gasteiger partial charge in [0.2, 0.25) is 5.13 Å². The summed E-state index contributed by atoms with van der Waals surface area (Å²) in [6, 6.07) is -0.647. The maximum absolute atomic E-state index is 10.6. The second kappa shape index (κ2) is 4.14. The Hall–Kier alpha value is -1.17. The van der Waals surface area contributed by atoms with Crippen molar-refractivity contribution in [2.24, 2.45) is 0 Å². The number of nitrogens with zero attached hydrogens (tertiary/aromatic N) is 2. The minimum atomic E-state index is -0.900. The molecule has 5 nitrogen and oxygen atoms in total. The van der Waals surface area contributed by atoms with Crippen LogP contribution in [0, 0.1) is 0 Å². The molecule has 1 rings (SSSR count). The number of rotatable bonds is 3. The first-order chi connectivity index (χ1) is 6.80. The summed E-state index contributed by atoms with van der Waals surface area (Å²) in [7, 11) is 0. The molecule has 0 aliphatic heterocycles. The summed E-state index contributed by atoms with van der Waals surface area (Å²) >= 11 is 1.39. The lowest BCUT2D eigenvalue weighted by molar-refractivity contribution is -0.137. The van der Waals surface area contributed by atoms with Crippen molar-refractivity contribution in [1.82, 2.24) is 10.2 Å². The van der Waals surface area contributed by atoms with Gasteiger partial charge in [-0.25, -0.2) is 0 Å². The number of anilines is 1. The highest BCUT2D eigenvalue weighted by atomic mass is 32.1. The zero-order valence-electron chi connectivity index (χ0n) is 9.24. The summed E-state index contributed by atoms with van der Waals surface area (Å²) in [5.41, 5.74) is -0.0515. The Morgan fingerprint density at radius 3 is 2.47 bits per heavy atom. The van der Waals surface area contributed by atoms with E-state index < -0.39 is 12.0 Å². The molecule has 1 aromatic heterocycles. The van der Waals surface area contributed by atoms with E-state index in [0.717, 1.165) is 5.01 Å². The van der Waals surface area contributed by atoms with Crippen molar-refractivity contribution in [3.8, 4) is 0 Å². The molecule has 0 aliphatic carbocycles. The maximum Gasteiger partial charge on any atom is 0.325 e. The van der Waals surface area contributed by atoms with Crippen molar-refractivity contribution in [3.63, 3.8) is 0 Å². The van der Waals surface area contributed by atoms with Gasteiger partial charge in [0.25, 0.3) is 0 Å². The number of carboxylic acid groups (broad SMARTS) is 1. The molecule has 0 amide bonds. The van der Waals surface area contributed by atoms with E-state index in [2.05, 4.69) is 15.5 Å². The van der Waals surface area contributed by atoms with Crippen LogP contribution in [0.3, 0.4) is 0 Å². The molecule has 0 unspecified atom stereocenters. The lowest BCUT2D eigenvalue weighted by Gasteiger charge is -2.12. The van der Waals surface area contributed by atoms with E-state index in [0.29, 0.717) is 5.13 Å². The Morgan fingerprint density at radius 1 is 1.47 bits per heavy atom. The topological polar surface area (TPSA) is 75.1 Å². The normalized spacial score (nSPS) is 13.6. The predicted octanol–water partition coefficient (Wildman–Crippen LogP) is 1.72. The first-order valence-corrected chi connectivity index (χ1v) is 5.45. The van der Waals surface area contributed by atoms with Gasteiger partial charge in [0.1, 0.15) is 11.0 Å². The Labute approximate surface area is 92.5 Å². The minimum Gasteiger partial charge on any atom is -0.480 e. The van der Waals surface area contributed by atoms with Crippen molar-refractivity contribution in [1.29, 1.82) is 0 Å². The third-order valence-electron chi connectivity index (χ3n) is 1.78. The van der Waals surface area contributed by atoms with Crippen LogP contribution in [0.25, 0.3) is 0 Å². The van der Waals surface area contributed by atoms with Gasteiger partial charge < -0.3 is 10.4 Å². The average Bonchev–Trinajstić information content (AvgIpc) is 2.51. The zero-order chi connectivity index (χ0) is 11.6. The van der Waals surface area contributed by atoms with E-state index in [1.807, 2.05) is 20.8 Å². The van der Waals surface area contributed by atoms with E-state index in [1.165, 1.54) is 11.3 Å². The predicted molar refractivity (Wildman–Crippen MR) is 59.3 cm³/mol. The van der Waals surface area contributed by atoms with Crippen LogP contribution in [0.4, 0.5) is 5.13 Å². The Morgan fingerprint density at radius 2 is 2.07 bits per heavy atom. The quantitative estimate of drug-likeness (QED) is 0.825. The summed E-state index contributed by atoms with van der Waals surface area (Å²) in [5, 5.41) is 20.8. The highest BCUT2D eigenvalue weighted by molar-refractivity contribution is 7.15. The molecule has 1 atom stereocenters. The number of aromatic nitrogens is 2. The second-order valence-electron chi connectivity index (χ2n) is 4.37. The Kier molecular flexibility index (Phi) is 3.28. The molecule has 0 fully saturated rings. The minimum absolute atomic E-state index is 0.0515. The molecule has 2 N–H and O–H groups in total. The fraction of sp³-hybridized carbons (Fsp3) is 0.667. The summed E-state index contributed by atoms with van der Waals surface area (Å²) in [5.74, 6) is -0.900. The molecule has 1 aromatic rings. The van der Waals surface area contributed by atoms with Gasteiger partial charge in [0.05, 0.1) is 0 Å². The SMILES string of the molecule is C[C@H](Nc1nnc(C(C)(C)C)s1)C(=O)O. The van der Waals surface area contributed by atoms with Crippen molar-refractivity contribution < 1.29 is 9.90 Å². The van der Waals surface area contributed by atoms with Gasteiger partial charge in [0, 0.05) is 5.41 Å². The summed E-state index contributed by atoms with van der Waals surface area (Å²) in [6.45, 7) is 7.69. The van der Waals surface area contributed by atoms with E-state index in [4.69, 9.17) is 5.11 Å². The zero-order valence-corrected chi connectivity index (χ0v) is 10.1. The highest BCUT2D eigenvalue weighted by Crippen LogP contribution is 2.27. The standard InChI is InChI=1S/C9H15N3O2S/c1-5(6(13)14)10-8-12-11-7(15-8)9(2,3)4/h5H,1-4H3,(H,10,12)(H,13,14)/t5-/m0/s1. The number of hydrogen-bond donors (Lipinski definition) is 2. The third-order valence-corrected chi connectivity index (χ3v) is 3.06. The molecule has 0 bridgehead atoms. The smallest absolute Gasteiger partial charge is 0.325 e. The monoisotopic (exact) mass is 229 g/mol. The first-order valence-electron chi connectivity index (χ1n) is 4.64. The van der Waals surface area contributed by atoms with Crippen LogP contribution in [-0.4, -0.2) is 27.3 Å². The molecule has 0 radical (unpaired) electrons. The number of aliphatic carboxylic acids is 1. The summed E-state index contributed by atoms with van der Waals surface area (Å²) in [6.07, 6.45) is 0. The van der Waals surface area contributed by atoms with Crippen LogP contribution in [0.15, 0.2) is 0 Å². The third kappa shape index (κ3) is 3.16. The Bertz CT molecular complexity index is 356. The van der Waals surface area contributed by atoms with Gasteiger partial charge in [-0.3, -0.25) is 4.79 Å². The van der Waals surface area contributed by atoms with Crippen LogP contribution in [0.1, 0.15) is 32.7 Å². The van der Waals surface area contributed by atoms with Gasteiger partial charge in [-0.05, 0) is 6.92 Å². The largest absolute Gasteiger partial charge is 0.480 e. The molecule has 0 aromatic carbocycles. The maximum atomic E-state index is 10.6. The fourth-order valence-corrected chi connectivity index (χ4v) is 1.72. The molecule has 6 heteroatoms. The van der Waals surface area contributed by atoms with Crippen LogP contribution < -0.4 is 5.32 Å². The molecule has 0 spiro atoms. The van der Waals surface area contributed by atoms with Crippen LogP contribution in [0.2, 0.25) is 0 Å².